The molecule has 2 aromatic rings. The molecule has 1 aliphatic heterocycles. The van der Waals surface area contributed by atoms with Crippen LogP contribution in [0.1, 0.15) is 53.0 Å². The molecule has 1 saturated heterocycles. The number of carbonyl (C=O) groups is 4. The summed E-state index contributed by atoms with van der Waals surface area (Å²) in [5.41, 5.74) is 0.481. The Morgan fingerprint density at radius 3 is 1.90 bits per heavy atom. The Kier molecular flexibility index (Phi) is 11.5. The molecule has 0 saturated carbocycles. The van der Waals surface area contributed by atoms with Crippen molar-refractivity contribution in [1.82, 2.24) is 16.0 Å². The number of urea groups is 1. The Morgan fingerprint density at radius 1 is 0.810 bits per heavy atom. The number of methoxy groups -OCH3 is 1. The predicted octanol–water partition coefficient (Wildman–Crippen LogP) is 3.85. The van der Waals surface area contributed by atoms with Gasteiger partial charge in [0, 0.05) is 12.1 Å². The summed E-state index contributed by atoms with van der Waals surface area (Å²) in [5.74, 6) is -0.264. The maximum absolute atomic E-state index is 13.7. The Balaban J connectivity index is 1.76. The summed E-state index contributed by atoms with van der Waals surface area (Å²) in [6.45, 7) is 9.88. The highest BCUT2D eigenvalue weighted by molar-refractivity contribution is 5.99. The molecule has 1 heterocycles. The summed E-state index contributed by atoms with van der Waals surface area (Å²) in [7, 11) is 1.56. The van der Waals surface area contributed by atoms with Crippen LogP contribution >= 0.6 is 0 Å². The third-order valence-corrected chi connectivity index (χ3v) is 7.03. The minimum atomic E-state index is -0.976. The SMILES string of the molecule is COc1ccc(NC(=O)NC(CC(C)C)C(=O)NC(Cc2ccccc2)C(=O)NC(CC(C)C)C(=O)C2(C)CO2)cc1. The number of benzene rings is 2. The normalized spacial score (nSPS) is 18.0. The molecule has 4 unspecified atom stereocenters. The van der Waals surface area contributed by atoms with Crippen LogP contribution in [0.25, 0.3) is 0 Å². The molecule has 0 aromatic heterocycles. The molecule has 0 bridgehead atoms. The molecule has 228 valence electrons. The van der Waals surface area contributed by atoms with E-state index >= 15 is 0 Å². The molecule has 2 aromatic carbocycles. The average molecular weight is 581 g/mol. The van der Waals surface area contributed by atoms with Gasteiger partial charge in [0.05, 0.1) is 19.8 Å². The van der Waals surface area contributed by atoms with Crippen molar-refractivity contribution in [2.75, 3.05) is 19.0 Å². The van der Waals surface area contributed by atoms with Crippen molar-refractivity contribution >= 4 is 29.3 Å². The van der Waals surface area contributed by atoms with Gasteiger partial charge in [0.25, 0.3) is 0 Å². The lowest BCUT2D eigenvalue weighted by Crippen LogP contribution is -2.57. The third-order valence-electron chi connectivity index (χ3n) is 7.03. The second kappa shape index (κ2) is 14.8. The standard InChI is InChI=1S/C32H44N4O6/c1-20(2)16-25(28(37)32(5)19-42-32)34-30(39)27(18-22-10-8-7-9-11-22)35-29(38)26(17-21(3)4)36-31(40)33-23-12-14-24(41-6)15-13-23/h7-15,20-21,25-27H,16-19H2,1-6H3,(H,34,39)(H,35,38)(H2,33,36,40). The number of hydrogen-bond donors (Lipinski definition) is 4. The summed E-state index contributed by atoms with van der Waals surface area (Å²) in [4.78, 5) is 53.2. The second-order valence-corrected chi connectivity index (χ2v) is 11.8. The lowest BCUT2D eigenvalue weighted by atomic mass is 9.93. The van der Waals surface area contributed by atoms with Crippen LogP contribution in [0.2, 0.25) is 0 Å². The van der Waals surface area contributed by atoms with Gasteiger partial charge in [0.2, 0.25) is 11.8 Å². The first kappa shape index (κ1) is 32.6. The Hall–Kier alpha value is -3.92. The third kappa shape index (κ3) is 9.87. The van der Waals surface area contributed by atoms with Crippen molar-refractivity contribution in [1.29, 1.82) is 0 Å². The molecule has 0 spiro atoms. The summed E-state index contributed by atoms with van der Waals surface area (Å²) in [6.07, 6.45) is 1.01. The quantitative estimate of drug-likeness (QED) is 0.236. The van der Waals surface area contributed by atoms with Gasteiger partial charge >= 0.3 is 6.03 Å². The van der Waals surface area contributed by atoms with Crippen molar-refractivity contribution in [3.05, 3.63) is 60.2 Å². The molecular formula is C32H44N4O6. The molecule has 0 aliphatic carbocycles. The Morgan fingerprint density at radius 2 is 1.36 bits per heavy atom. The van der Waals surface area contributed by atoms with Gasteiger partial charge in [0.1, 0.15) is 23.4 Å². The zero-order chi connectivity index (χ0) is 30.9. The van der Waals surface area contributed by atoms with Crippen LogP contribution in [0.4, 0.5) is 10.5 Å². The van der Waals surface area contributed by atoms with Gasteiger partial charge in [-0.3, -0.25) is 14.4 Å². The molecule has 3 rings (SSSR count). The number of rotatable bonds is 15. The van der Waals surface area contributed by atoms with Crippen LogP contribution in [0.3, 0.4) is 0 Å². The summed E-state index contributed by atoms with van der Waals surface area (Å²) >= 11 is 0. The number of ether oxygens (including phenoxy) is 2. The molecule has 4 atom stereocenters. The summed E-state index contributed by atoms with van der Waals surface area (Å²) in [6, 6.07) is 13.0. The van der Waals surface area contributed by atoms with Crippen molar-refractivity contribution in [2.24, 2.45) is 11.8 Å². The lowest BCUT2D eigenvalue weighted by molar-refractivity contribution is -0.133. The molecule has 1 fully saturated rings. The molecule has 42 heavy (non-hydrogen) atoms. The minimum absolute atomic E-state index is 0.0794. The first-order chi connectivity index (χ1) is 19.9. The first-order valence-corrected chi connectivity index (χ1v) is 14.4. The number of hydrogen-bond acceptors (Lipinski definition) is 6. The van der Waals surface area contributed by atoms with Crippen LogP contribution in [-0.2, 0) is 25.5 Å². The van der Waals surface area contributed by atoms with Gasteiger partial charge in [-0.2, -0.15) is 0 Å². The average Bonchev–Trinajstić information content (AvgIpc) is 3.70. The van der Waals surface area contributed by atoms with E-state index in [9.17, 15) is 19.2 Å². The predicted molar refractivity (Wildman–Crippen MR) is 161 cm³/mol. The Bertz CT molecular complexity index is 1210. The minimum Gasteiger partial charge on any atom is -0.497 e. The number of nitrogens with one attached hydrogen (secondary N) is 4. The van der Waals surface area contributed by atoms with E-state index in [1.807, 2.05) is 58.0 Å². The van der Waals surface area contributed by atoms with Gasteiger partial charge in [-0.1, -0.05) is 58.0 Å². The van der Waals surface area contributed by atoms with E-state index in [1.165, 1.54) is 0 Å². The summed E-state index contributed by atoms with van der Waals surface area (Å²) in [5, 5.41) is 11.2. The fourth-order valence-corrected chi connectivity index (χ4v) is 4.63. The molecule has 1 aliphatic rings. The monoisotopic (exact) mass is 580 g/mol. The maximum atomic E-state index is 13.7. The number of carbonyl (C=O) groups excluding carboxylic acids is 4. The van der Waals surface area contributed by atoms with Crippen molar-refractivity contribution in [2.45, 2.75) is 77.6 Å². The van der Waals surface area contributed by atoms with Crippen molar-refractivity contribution < 1.29 is 28.7 Å². The van der Waals surface area contributed by atoms with Crippen LogP contribution in [0.5, 0.6) is 5.75 Å². The van der Waals surface area contributed by atoms with Gasteiger partial charge in [-0.25, -0.2) is 4.79 Å². The van der Waals surface area contributed by atoms with Crippen LogP contribution in [-0.4, -0.2) is 61.1 Å². The maximum Gasteiger partial charge on any atom is 0.319 e. The van der Waals surface area contributed by atoms with Gasteiger partial charge < -0.3 is 30.7 Å². The lowest BCUT2D eigenvalue weighted by Gasteiger charge is -2.27. The number of epoxide rings is 1. The van der Waals surface area contributed by atoms with Gasteiger partial charge in [-0.05, 0) is 61.4 Å². The van der Waals surface area contributed by atoms with Crippen LogP contribution in [0, 0.1) is 11.8 Å². The molecule has 10 nitrogen and oxygen atoms in total. The highest BCUT2D eigenvalue weighted by Crippen LogP contribution is 2.29. The highest BCUT2D eigenvalue weighted by Gasteiger charge is 2.50. The van der Waals surface area contributed by atoms with E-state index in [-0.39, 0.29) is 24.0 Å². The Labute approximate surface area is 248 Å². The van der Waals surface area contributed by atoms with E-state index in [2.05, 4.69) is 21.3 Å². The topological polar surface area (TPSA) is 138 Å². The smallest absolute Gasteiger partial charge is 0.319 e. The fourth-order valence-electron chi connectivity index (χ4n) is 4.63. The van der Waals surface area contributed by atoms with E-state index < -0.39 is 41.6 Å². The fraction of sp³-hybridized carbons (Fsp3) is 0.500. The number of Topliss-reactive ketones (excluding diaryl/α,β-unsaturated/α-hetero) is 1. The molecule has 10 heteroatoms. The van der Waals surface area contributed by atoms with E-state index in [0.29, 0.717) is 30.9 Å². The molecule has 0 radical (unpaired) electrons. The van der Waals surface area contributed by atoms with Gasteiger partial charge in [-0.15, -0.1) is 0 Å². The first-order valence-electron chi connectivity index (χ1n) is 14.4. The van der Waals surface area contributed by atoms with Crippen LogP contribution < -0.4 is 26.0 Å². The zero-order valence-corrected chi connectivity index (χ0v) is 25.4. The van der Waals surface area contributed by atoms with Crippen LogP contribution in [0.15, 0.2) is 54.6 Å². The number of ketones is 1. The molecule has 4 N–H and O–H groups in total. The van der Waals surface area contributed by atoms with Crippen molar-refractivity contribution in [3.8, 4) is 5.75 Å². The second-order valence-electron chi connectivity index (χ2n) is 11.8. The van der Waals surface area contributed by atoms with E-state index in [0.717, 1.165) is 5.56 Å². The summed E-state index contributed by atoms with van der Waals surface area (Å²) < 4.78 is 10.5. The largest absolute Gasteiger partial charge is 0.497 e. The van der Waals surface area contributed by atoms with Crippen molar-refractivity contribution in [3.63, 3.8) is 0 Å². The number of anilines is 1. The zero-order valence-electron chi connectivity index (χ0n) is 25.4. The van der Waals surface area contributed by atoms with Gasteiger partial charge in [0.15, 0.2) is 5.78 Å². The highest BCUT2D eigenvalue weighted by atomic mass is 16.6. The van der Waals surface area contributed by atoms with E-state index in [1.54, 1.807) is 38.3 Å². The molecule has 4 amide bonds. The molecular weight excluding hydrogens is 536 g/mol. The van der Waals surface area contributed by atoms with E-state index in [4.69, 9.17) is 9.47 Å². The number of amides is 4.